The normalized spacial score (nSPS) is 20.1. The lowest BCUT2D eigenvalue weighted by molar-refractivity contribution is -0.135. The minimum atomic E-state index is -1.74. The molecule has 0 saturated carbocycles. The van der Waals surface area contributed by atoms with Crippen molar-refractivity contribution in [2.45, 2.75) is 18.6 Å². The molecular formula is C18H16FNO2. The second kappa shape index (κ2) is 5.39. The predicted octanol–water partition coefficient (Wildman–Crippen LogP) is 3.14. The van der Waals surface area contributed by atoms with E-state index >= 15 is 0 Å². The highest BCUT2D eigenvalue weighted by Gasteiger charge is 2.48. The molecule has 1 aliphatic heterocycles. The van der Waals surface area contributed by atoms with Crippen LogP contribution in [-0.2, 0) is 16.9 Å². The first kappa shape index (κ1) is 14.5. The van der Waals surface area contributed by atoms with Gasteiger partial charge in [-0.25, -0.2) is 4.39 Å². The van der Waals surface area contributed by atoms with Crippen molar-refractivity contribution in [3.63, 3.8) is 0 Å². The van der Waals surface area contributed by atoms with Crippen molar-refractivity contribution in [3.8, 4) is 0 Å². The molecular weight excluding hydrogens is 281 g/mol. The molecule has 22 heavy (non-hydrogen) atoms. The molecule has 0 fully saturated rings. The number of amides is 1. The fourth-order valence-electron chi connectivity index (χ4n) is 2.85. The Morgan fingerprint density at radius 1 is 1.23 bits per heavy atom. The Kier molecular flexibility index (Phi) is 3.54. The van der Waals surface area contributed by atoms with Gasteiger partial charge in [0.25, 0.3) is 5.91 Å². The summed E-state index contributed by atoms with van der Waals surface area (Å²) >= 11 is 0. The Balaban J connectivity index is 2.06. The van der Waals surface area contributed by atoms with E-state index in [-0.39, 0.29) is 6.42 Å². The third-order valence-corrected chi connectivity index (χ3v) is 3.92. The van der Waals surface area contributed by atoms with Gasteiger partial charge >= 0.3 is 0 Å². The minimum Gasteiger partial charge on any atom is -0.375 e. The molecule has 0 radical (unpaired) electrons. The molecule has 4 heteroatoms. The van der Waals surface area contributed by atoms with Crippen LogP contribution in [0.4, 0.5) is 10.1 Å². The number of hydrogen-bond acceptors (Lipinski definition) is 2. The fraction of sp³-hybridized carbons (Fsp3) is 0.167. The summed E-state index contributed by atoms with van der Waals surface area (Å²) in [5.74, 6) is -0.924. The summed E-state index contributed by atoms with van der Waals surface area (Å²) in [5, 5.41) is 10.8. The molecule has 1 N–H and O–H groups in total. The summed E-state index contributed by atoms with van der Waals surface area (Å²) in [6.07, 6.45) is 1.52. The van der Waals surface area contributed by atoms with Crippen LogP contribution >= 0.6 is 0 Å². The number of nitrogens with zero attached hydrogens (tertiary/aromatic N) is 1. The van der Waals surface area contributed by atoms with E-state index in [1.807, 2.05) is 30.3 Å². The lowest BCUT2D eigenvalue weighted by Gasteiger charge is -2.22. The molecule has 112 valence electrons. The minimum absolute atomic E-state index is 0.0492. The summed E-state index contributed by atoms with van der Waals surface area (Å²) in [4.78, 5) is 14.2. The highest BCUT2D eigenvalue weighted by Crippen LogP contribution is 2.43. The third-order valence-electron chi connectivity index (χ3n) is 3.92. The van der Waals surface area contributed by atoms with E-state index in [1.54, 1.807) is 0 Å². The standard InChI is InChI=1S/C18H16FNO2/c1-2-10-18(22)15-11-14(19)8-9-16(15)20(17(18)21)12-13-6-4-3-5-7-13/h2-9,11,22H,1,10,12H2/t18-/m0/s1. The molecule has 0 spiro atoms. The number of fused-ring (bicyclic) bond motifs is 1. The number of halogens is 1. The van der Waals surface area contributed by atoms with Crippen LogP contribution in [0.25, 0.3) is 0 Å². The Labute approximate surface area is 128 Å². The molecule has 1 amide bonds. The van der Waals surface area contributed by atoms with Gasteiger partial charge in [0.15, 0.2) is 5.60 Å². The smallest absolute Gasteiger partial charge is 0.264 e. The first-order chi connectivity index (χ1) is 10.6. The molecule has 1 atom stereocenters. The van der Waals surface area contributed by atoms with Crippen LogP contribution in [0.15, 0.2) is 61.2 Å². The van der Waals surface area contributed by atoms with E-state index in [9.17, 15) is 14.3 Å². The molecule has 0 aromatic heterocycles. The summed E-state index contributed by atoms with van der Waals surface area (Å²) in [5.41, 5.74) is 0.0374. The number of anilines is 1. The molecule has 1 aliphatic rings. The maximum absolute atomic E-state index is 13.6. The average Bonchev–Trinajstić information content (AvgIpc) is 2.71. The zero-order valence-corrected chi connectivity index (χ0v) is 12.0. The van der Waals surface area contributed by atoms with Crippen molar-refractivity contribution < 1.29 is 14.3 Å². The van der Waals surface area contributed by atoms with E-state index < -0.39 is 17.3 Å². The van der Waals surface area contributed by atoms with E-state index in [0.717, 1.165) is 5.56 Å². The van der Waals surface area contributed by atoms with Gasteiger partial charge < -0.3 is 10.0 Å². The average molecular weight is 297 g/mol. The molecule has 0 aliphatic carbocycles. The molecule has 3 nitrogen and oxygen atoms in total. The van der Waals surface area contributed by atoms with Crippen LogP contribution in [0.2, 0.25) is 0 Å². The Morgan fingerprint density at radius 2 is 1.95 bits per heavy atom. The quantitative estimate of drug-likeness (QED) is 0.881. The van der Waals surface area contributed by atoms with Gasteiger partial charge in [-0.15, -0.1) is 6.58 Å². The summed E-state index contributed by atoms with van der Waals surface area (Å²) in [6.45, 7) is 3.91. The maximum atomic E-state index is 13.6. The highest BCUT2D eigenvalue weighted by molar-refractivity contribution is 6.06. The Bertz CT molecular complexity index is 729. The summed E-state index contributed by atoms with van der Waals surface area (Å²) in [7, 11) is 0. The molecule has 0 saturated heterocycles. The predicted molar refractivity (Wildman–Crippen MR) is 82.7 cm³/mol. The Morgan fingerprint density at radius 3 is 2.64 bits per heavy atom. The first-order valence-corrected chi connectivity index (χ1v) is 7.05. The number of carbonyl (C=O) groups is 1. The second-order valence-corrected chi connectivity index (χ2v) is 5.39. The van der Waals surface area contributed by atoms with E-state index in [1.165, 1.54) is 29.2 Å². The number of carbonyl (C=O) groups excluding carboxylic acids is 1. The van der Waals surface area contributed by atoms with E-state index in [2.05, 4.69) is 6.58 Å². The molecule has 2 aromatic carbocycles. The Hall–Kier alpha value is -2.46. The van der Waals surface area contributed by atoms with Crippen molar-refractivity contribution in [3.05, 3.63) is 78.1 Å². The molecule has 0 unspecified atom stereocenters. The van der Waals surface area contributed by atoms with Gasteiger partial charge in [-0.2, -0.15) is 0 Å². The lowest BCUT2D eigenvalue weighted by Crippen LogP contribution is -2.39. The molecule has 0 bridgehead atoms. The SMILES string of the molecule is C=CC[C@@]1(O)C(=O)N(Cc2ccccc2)c2ccc(F)cc21. The van der Waals surface area contributed by atoms with Crippen molar-refractivity contribution in [1.82, 2.24) is 0 Å². The third kappa shape index (κ3) is 2.22. The van der Waals surface area contributed by atoms with E-state index in [4.69, 9.17) is 0 Å². The topological polar surface area (TPSA) is 40.5 Å². The van der Waals surface area contributed by atoms with Crippen LogP contribution in [0, 0.1) is 5.82 Å². The van der Waals surface area contributed by atoms with Gasteiger partial charge in [-0.1, -0.05) is 36.4 Å². The van der Waals surface area contributed by atoms with Gasteiger partial charge in [-0.3, -0.25) is 4.79 Å². The van der Waals surface area contributed by atoms with Gasteiger partial charge in [0.2, 0.25) is 0 Å². The highest BCUT2D eigenvalue weighted by atomic mass is 19.1. The largest absolute Gasteiger partial charge is 0.375 e. The van der Waals surface area contributed by atoms with Gasteiger partial charge in [0.05, 0.1) is 12.2 Å². The van der Waals surface area contributed by atoms with Gasteiger partial charge in [0, 0.05) is 12.0 Å². The molecule has 1 heterocycles. The van der Waals surface area contributed by atoms with Gasteiger partial charge in [0.1, 0.15) is 5.82 Å². The van der Waals surface area contributed by atoms with Crippen LogP contribution in [0.3, 0.4) is 0 Å². The van der Waals surface area contributed by atoms with Crippen molar-refractivity contribution in [2.24, 2.45) is 0 Å². The van der Waals surface area contributed by atoms with Crippen LogP contribution in [0.5, 0.6) is 0 Å². The van der Waals surface area contributed by atoms with Crippen LogP contribution in [0.1, 0.15) is 17.5 Å². The fourth-order valence-corrected chi connectivity index (χ4v) is 2.85. The number of hydrogen-bond donors (Lipinski definition) is 1. The zero-order valence-electron chi connectivity index (χ0n) is 12.0. The van der Waals surface area contributed by atoms with E-state index in [0.29, 0.717) is 17.8 Å². The van der Waals surface area contributed by atoms with Crippen molar-refractivity contribution in [1.29, 1.82) is 0 Å². The summed E-state index contributed by atoms with van der Waals surface area (Å²) < 4.78 is 13.6. The molecule has 2 aromatic rings. The monoisotopic (exact) mass is 297 g/mol. The van der Waals surface area contributed by atoms with Crippen LogP contribution < -0.4 is 4.90 Å². The van der Waals surface area contributed by atoms with Crippen LogP contribution in [-0.4, -0.2) is 11.0 Å². The van der Waals surface area contributed by atoms with Gasteiger partial charge in [-0.05, 0) is 23.8 Å². The number of benzene rings is 2. The maximum Gasteiger partial charge on any atom is 0.264 e. The summed E-state index contributed by atoms with van der Waals surface area (Å²) in [6, 6.07) is 13.5. The zero-order chi connectivity index (χ0) is 15.7. The van der Waals surface area contributed by atoms with Crippen molar-refractivity contribution in [2.75, 3.05) is 4.90 Å². The lowest BCUT2D eigenvalue weighted by atomic mass is 9.92. The number of aliphatic hydroxyl groups is 1. The van der Waals surface area contributed by atoms with Crippen molar-refractivity contribution >= 4 is 11.6 Å². The molecule has 3 rings (SSSR count). The second-order valence-electron chi connectivity index (χ2n) is 5.39. The number of rotatable bonds is 4. The first-order valence-electron chi connectivity index (χ1n) is 7.05.